The Labute approximate surface area is 118 Å². The van der Waals surface area contributed by atoms with Crippen molar-refractivity contribution in [3.8, 4) is 0 Å². The van der Waals surface area contributed by atoms with E-state index in [0.717, 1.165) is 5.56 Å². The molecule has 1 heterocycles. The highest BCUT2D eigenvalue weighted by Crippen LogP contribution is 2.42. The lowest BCUT2D eigenvalue weighted by molar-refractivity contribution is 0.175. The lowest BCUT2D eigenvalue weighted by Crippen LogP contribution is -2.02. The summed E-state index contributed by atoms with van der Waals surface area (Å²) in [7, 11) is 0. The molecule has 0 saturated carbocycles. The van der Waals surface area contributed by atoms with E-state index in [1.54, 1.807) is 6.07 Å². The van der Waals surface area contributed by atoms with E-state index >= 15 is 0 Å². The Hall–Kier alpha value is -1.10. The van der Waals surface area contributed by atoms with E-state index in [1.807, 2.05) is 0 Å². The normalized spacial score (nSPS) is 17.6. The summed E-state index contributed by atoms with van der Waals surface area (Å²) in [5.41, 5.74) is 1.42. The van der Waals surface area contributed by atoms with E-state index in [-0.39, 0.29) is 10.8 Å². The molecular weight excluding hydrogens is 290 g/mol. The molecule has 0 bridgehead atoms. The molecule has 1 aliphatic rings. The van der Waals surface area contributed by atoms with Crippen LogP contribution >= 0.6 is 23.4 Å². The van der Waals surface area contributed by atoms with Gasteiger partial charge in [0, 0.05) is 16.2 Å². The molecule has 98 valence electrons. The number of rotatable bonds is 0. The quantitative estimate of drug-likeness (QED) is 0.780. The molecule has 0 radical (unpaired) electrons. The van der Waals surface area contributed by atoms with Crippen LogP contribution in [0.3, 0.4) is 0 Å². The van der Waals surface area contributed by atoms with Gasteiger partial charge in [0.05, 0.1) is 11.1 Å². The highest BCUT2D eigenvalue weighted by Gasteiger charge is 2.23. The molecule has 1 atom stereocenters. The first-order valence-corrected chi connectivity index (χ1v) is 6.87. The molecule has 0 saturated heterocycles. The van der Waals surface area contributed by atoms with E-state index in [4.69, 9.17) is 11.6 Å². The van der Waals surface area contributed by atoms with Crippen LogP contribution in [0.25, 0.3) is 0 Å². The molecular formula is C14H9ClF2OS. The molecule has 3 rings (SSSR count). The topological polar surface area (TPSA) is 20.2 Å². The van der Waals surface area contributed by atoms with Crippen molar-refractivity contribution in [1.82, 2.24) is 0 Å². The van der Waals surface area contributed by atoms with Crippen LogP contribution in [-0.2, 0) is 6.42 Å². The van der Waals surface area contributed by atoms with Crippen molar-refractivity contribution in [2.24, 2.45) is 0 Å². The molecule has 19 heavy (non-hydrogen) atoms. The summed E-state index contributed by atoms with van der Waals surface area (Å²) >= 11 is 6.99. The molecule has 1 unspecified atom stereocenters. The lowest BCUT2D eigenvalue weighted by atomic mass is 10.0. The second-order valence-corrected chi connectivity index (χ2v) is 5.87. The van der Waals surface area contributed by atoms with Crippen LogP contribution in [0.5, 0.6) is 0 Å². The smallest absolute Gasteiger partial charge is 0.142 e. The maximum atomic E-state index is 13.5. The summed E-state index contributed by atoms with van der Waals surface area (Å²) < 4.78 is 26.8. The predicted molar refractivity (Wildman–Crippen MR) is 70.6 cm³/mol. The molecule has 0 aromatic heterocycles. The molecule has 0 aliphatic carbocycles. The zero-order valence-electron chi connectivity index (χ0n) is 9.66. The lowest BCUT2D eigenvalue weighted by Gasteiger charge is -2.11. The Morgan fingerprint density at radius 1 is 1.16 bits per heavy atom. The number of hydrogen-bond acceptors (Lipinski definition) is 2. The van der Waals surface area contributed by atoms with Gasteiger partial charge in [0.25, 0.3) is 0 Å². The Morgan fingerprint density at radius 2 is 1.95 bits per heavy atom. The Kier molecular flexibility index (Phi) is 3.25. The van der Waals surface area contributed by atoms with Gasteiger partial charge in [-0.05, 0) is 35.4 Å². The van der Waals surface area contributed by atoms with Crippen LogP contribution in [0.4, 0.5) is 8.78 Å². The van der Waals surface area contributed by atoms with Crippen LogP contribution in [0.15, 0.2) is 40.1 Å². The number of aliphatic hydroxyl groups is 1. The Bertz CT molecular complexity index is 660. The second kappa shape index (κ2) is 4.78. The Morgan fingerprint density at radius 3 is 2.74 bits per heavy atom. The molecule has 1 N–H and O–H groups in total. The molecule has 0 amide bonds. The highest BCUT2D eigenvalue weighted by atomic mass is 35.5. The Balaban J connectivity index is 2.16. The van der Waals surface area contributed by atoms with Crippen molar-refractivity contribution < 1.29 is 13.9 Å². The number of hydrogen-bond donors (Lipinski definition) is 1. The minimum atomic E-state index is -0.771. The first-order chi connectivity index (χ1) is 9.04. The maximum Gasteiger partial charge on any atom is 0.142 e. The van der Waals surface area contributed by atoms with Crippen molar-refractivity contribution in [1.29, 1.82) is 0 Å². The number of halogens is 3. The van der Waals surface area contributed by atoms with Gasteiger partial charge in [0.1, 0.15) is 11.6 Å². The average molecular weight is 299 g/mol. The van der Waals surface area contributed by atoms with Gasteiger partial charge in [-0.2, -0.15) is 0 Å². The summed E-state index contributed by atoms with van der Waals surface area (Å²) in [4.78, 5) is 1.26. The predicted octanol–water partition coefficient (Wildman–Crippen LogP) is 4.36. The largest absolute Gasteiger partial charge is 0.388 e. The van der Waals surface area contributed by atoms with Crippen LogP contribution in [0.1, 0.15) is 17.2 Å². The standard InChI is InChI=1S/C14H9ClF2OS/c15-10-5-9-12(18)3-7-1-2-8(16)4-13(7)19-14(9)6-11(10)17/h1-2,4-6,12,18H,3H2. The van der Waals surface area contributed by atoms with E-state index in [0.29, 0.717) is 21.8 Å². The summed E-state index contributed by atoms with van der Waals surface area (Å²) in [6.07, 6.45) is -0.412. The molecule has 1 aliphatic heterocycles. The molecule has 1 nitrogen and oxygen atoms in total. The molecule has 2 aromatic rings. The van der Waals surface area contributed by atoms with Crippen LogP contribution in [0, 0.1) is 11.6 Å². The number of aliphatic hydroxyl groups excluding tert-OH is 1. The number of benzene rings is 2. The molecule has 0 fully saturated rings. The van der Waals surface area contributed by atoms with E-state index in [9.17, 15) is 13.9 Å². The fourth-order valence-electron chi connectivity index (χ4n) is 2.12. The maximum absolute atomic E-state index is 13.5. The van der Waals surface area contributed by atoms with Crippen LogP contribution in [0.2, 0.25) is 5.02 Å². The van der Waals surface area contributed by atoms with Gasteiger partial charge >= 0.3 is 0 Å². The van der Waals surface area contributed by atoms with Crippen molar-refractivity contribution in [2.45, 2.75) is 22.3 Å². The minimum Gasteiger partial charge on any atom is -0.388 e. The monoisotopic (exact) mass is 298 g/mol. The summed E-state index contributed by atoms with van der Waals surface area (Å²) in [5.74, 6) is -0.890. The van der Waals surface area contributed by atoms with Crippen molar-refractivity contribution in [3.63, 3.8) is 0 Å². The van der Waals surface area contributed by atoms with Gasteiger partial charge in [-0.3, -0.25) is 0 Å². The van der Waals surface area contributed by atoms with E-state index < -0.39 is 11.9 Å². The summed E-state index contributed by atoms with van der Waals surface area (Å²) in [6, 6.07) is 7.12. The molecule has 5 heteroatoms. The van der Waals surface area contributed by atoms with Gasteiger partial charge in [0.15, 0.2) is 0 Å². The third kappa shape index (κ3) is 2.36. The zero-order valence-corrected chi connectivity index (χ0v) is 11.2. The van der Waals surface area contributed by atoms with Gasteiger partial charge < -0.3 is 5.11 Å². The fraction of sp³-hybridized carbons (Fsp3) is 0.143. The van der Waals surface area contributed by atoms with Crippen molar-refractivity contribution >= 4 is 23.4 Å². The van der Waals surface area contributed by atoms with Crippen LogP contribution in [-0.4, -0.2) is 5.11 Å². The first kappa shape index (κ1) is 12.9. The number of fused-ring (bicyclic) bond motifs is 2. The second-order valence-electron chi connectivity index (χ2n) is 4.38. The van der Waals surface area contributed by atoms with Crippen molar-refractivity contribution in [2.75, 3.05) is 0 Å². The SMILES string of the molecule is OC1Cc2ccc(F)cc2Sc2cc(F)c(Cl)cc21. The molecule has 2 aromatic carbocycles. The minimum absolute atomic E-state index is 0.0180. The summed E-state index contributed by atoms with van der Waals surface area (Å²) in [5, 5.41) is 10.2. The highest BCUT2D eigenvalue weighted by molar-refractivity contribution is 7.99. The van der Waals surface area contributed by atoms with Gasteiger partial charge in [0.2, 0.25) is 0 Å². The van der Waals surface area contributed by atoms with Gasteiger partial charge in [-0.1, -0.05) is 29.4 Å². The van der Waals surface area contributed by atoms with E-state index in [2.05, 4.69) is 0 Å². The first-order valence-electron chi connectivity index (χ1n) is 5.68. The average Bonchev–Trinajstić information content (AvgIpc) is 2.48. The summed E-state index contributed by atoms with van der Waals surface area (Å²) in [6.45, 7) is 0. The van der Waals surface area contributed by atoms with E-state index in [1.165, 1.54) is 36.0 Å². The zero-order chi connectivity index (χ0) is 13.6. The van der Waals surface area contributed by atoms with Crippen molar-refractivity contribution in [3.05, 3.63) is 58.1 Å². The van der Waals surface area contributed by atoms with Crippen LogP contribution < -0.4 is 0 Å². The fourth-order valence-corrected chi connectivity index (χ4v) is 3.46. The molecule has 0 spiro atoms. The third-order valence-corrected chi connectivity index (χ3v) is 4.54. The van der Waals surface area contributed by atoms with Gasteiger partial charge in [-0.15, -0.1) is 0 Å². The van der Waals surface area contributed by atoms with Gasteiger partial charge in [-0.25, -0.2) is 8.78 Å². The third-order valence-electron chi connectivity index (χ3n) is 3.07.